The van der Waals surface area contributed by atoms with Crippen LogP contribution in [0.3, 0.4) is 0 Å². The van der Waals surface area contributed by atoms with Crippen molar-refractivity contribution < 1.29 is 22.7 Å². The van der Waals surface area contributed by atoms with Gasteiger partial charge in [0.15, 0.2) is 0 Å². The normalized spacial score (nSPS) is 12.5. The van der Waals surface area contributed by atoms with Crippen molar-refractivity contribution >= 4 is 37.8 Å². The van der Waals surface area contributed by atoms with Crippen LogP contribution in [0.1, 0.15) is 37.6 Å². The lowest BCUT2D eigenvalue weighted by molar-refractivity contribution is -0.122. The molecule has 0 radical (unpaired) electrons. The van der Waals surface area contributed by atoms with E-state index in [1.807, 2.05) is 6.92 Å². The van der Waals surface area contributed by atoms with E-state index in [2.05, 4.69) is 26.0 Å². The van der Waals surface area contributed by atoms with Gasteiger partial charge in [0.1, 0.15) is 0 Å². The molecule has 0 heterocycles. The van der Waals surface area contributed by atoms with E-state index in [1.54, 1.807) is 6.92 Å². The minimum absolute atomic E-state index is 0.0642. The summed E-state index contributed by atoms with van der Waals surface area (Å²) in [5.41, 5.74) is 0.233. The molecule has 2 N–H and O–H groups in total. The van der Waals surface area contributed by atoms with Gasteiger partial charge in [0, 0.05) is 11.0 Å². The summed E-state index contributed by atoms with van der Waals surface area (Å²) in [6.07, 6.45) is 0.756. The van der Waals surface area contributed by atoms with Gasteiger partial charge in [-0.15, -0.1) is 0 Å². The maximum Gasteiger partial charge on any atom is 0.338 e. The molecule has 9 heteroatoms. The minimum atomic E-state index is -3.92. The highest BCUT2D eigenvalue weighted by molar-refractivity contribution is 9.10. The minimum Gasteiger partial charge on any atom is -0.462 e. The first-order valence-electron chi connectivity index (χ1n) is 7.49. The molecule has 0 spiro atoms. The second-order valence-corrected chi connectivity index (χ2v) is 7.54. The number of sulfonamides is 1. The Kier molecular flexibility index (Phi) is 7.85. The average molecular weight is 421 g/mol. The smallest absolute Gasteiger partial charge is 0.338 e. The molecule has 1 aromatic rings. The fourth-order valence-corrected chi connectivity index (χ4v) is 4.09. The molecule has 0 saturated carbocycles. The number of amides is 1. The van der Waals surface area contributed by atoms with E-state index in [0.29, 0.717) is 6.54 Å². The number of benzene rings is 1. The zero-order valence-corrected chi connectivity index (χ0v) is 16.2. The van der Waals surface area contributed by atoms with Gasteiger partial charge in [-0.3, -0.25) is 4.79 Å². The summed E-state index contributed by atoms with van der Waals surface area (Å²) >= 11 is 3.14. The number of nitrogens with one attached hydrogen (secondary N) is 2. The van der Waals surface area contributed by atoms with Gasteiger partial charge in [-0.05, 0) is 54.4 Å². The van der Waals surface area contributed by atoms with Crippen LogP contribution in [0, 0.1) is 0 Å². The first-order chi connectivity index (χ1) is 11.2. The van der Waals surface area contributed by atoms with E-state index in [-0.39, 0.29) is 21.5 Å². The molecule has 1 rings (SSSR count). The molecule has 0 fully saturated rings. The van der Waals surface area contributed by atoms with E-state index in [0.717, 1.165) is 6.42 Å². The number of rotatable bonds is 8. The zero-order valence-electron chi connectivity index (χ0n) is 13.8. The summed E-state index contributed by atoms with van der Waals surface area (Å²) in [5.74, 6) is -0.942. The fourth-order valence-electron chi connectivity index (χ4n) is 1.81. The van der Waals surface area contributed by atoms with E-state index >= 15 is 0 Å². The van der Waals surface area contributed by atoms with Crippen LogP contribution in [0.25, 0.3) is 0 Å². The highest BCUT2D eigenvalue weighted by Gasteiger charge is 2.24. The van der Waals surface area contributed by atoms with E-state index in [4.69, 9.17) is 4.74 Å². The van der Waals surface area contributed by atoms with Crippen molar-refractivity contribution in [2.75, 3.05) is 13.2 Å². The molecule has 1 aromatic carbocycles. The summed E-state index contributed by atoms with van der Waals surface area (Å²) < 4.78 is 32.2. The zero-order chi connectivity index (χ0) is 18.3. The quantitative estimate of drug-likeness (QED) is 0.624. The Balaban J connectivity index is 2.95. The van der Waals surface area contributed by atoms with Crippen molar-refractivity contribution in [3.63, 3.8) is 0 Å². The molecule has 0 aliphatic carbocycles. The Morgan fingerprint density at radius 1 is 1.29 bits per heavy atom. The maximum atomic E-state index is 12.4. The Hall–Kier alpha value is -1.45. The van der Waals surface area contributed by atoms with Crippen LogP contribution in [-0.4, -0.2) is 39.5 Å². The highest BCUT2D eigenvalue weighted by Crippen LogP contribution is 2.24. The van der Waals surface area contributed by atoms with Crippen LogP contribution in [-0.2, 0) is 19.6 Å². The summed E-state index contributed by atoms with van der Waals surface area (Å²) in [7, 11) is -3.92. The van der Waals surface area contributed by atoms with Crippen LogP contribution >= 0.6 is 15.9 Å². The first-order valence-corrected chi connectivity index (χ1v) is 9.77. The summed E-state index contributed by atoms with van der Waals surface area (Å²) in [6, 6.07) is 3.10. The van der Waals surface area contributed by atoms with Crippen molar-refractivity contribution in [2.24, 2.45) is 0 Å². The van der Waals surface area contributed by atoms with Gasteiger partial charge in [-0.1, -0.05) is 6.92 Å². The molecular formula is C15H21BrN2O5S. The SMILES string of the molecule is CCCNC(=O)C(C)NS(=O)(=O)c1ccc(C(=O)OCC)cc1Br. The van der Waals surface area contributed by atoms with Crippen LogP contribution in [0.15, 0.2) is 27.6 Å². The third kappa shape index (κ3) is 5.57. The topological polar surface area (TPSA) is 102 Å². The van der Waals surface area contributed by atoms with Gasteiger partial charge in [0.05, 0.1) is 23.1 Å². The Morgan fingerprint density at radius 2 is 1.96 bits per heavy atom. The molecular weight excluding hydrogens is 400 g/mol. The van der Waals surface area contributed by atoms with Crippen molar-refractivity contribution in [1.29, 1.82) is 0 Å². The van der Waals surface area contributed by atoms with Crippen molar-refractivity contribution in [2.45, 2.75) is 38.1 Å². The molecule has 1 amide bonds. The van der Waals surface area contributed by atoms with Crippen molar-refractivity contribution in [3.8, 4) is 0 Å². The molecule has 0 aliphatic rings. The third-order valence-electron chi connectivity index (χ3n) is 3.01. The van der Waals surface area contributed by atoms with Gasteiger partial charge in [0.25, 0.3) is 0 Å². The first kappa shape index (κ1) is 20.6. The molecule has 0 aliphatic heterocycles. The molecule has 1 atom stereocenters. The van der Waals surface area contributed by atoms with E-state index in [9.17, 15) is 18.0 Å². The standard InChI is InChI=1S/C15H21BrN2O5S/c1-4-8-17-14(19)10(3)18-24(21,22)13-7-6-11(9-12(13)16)15(20)23-5-2/h6-7,9-10,18H,4-5,8H2,1-3H3,(H,17,19). The molecule has 134 valence electrons. The molecule has 0 bridgehead atoms. The average Bonchev–Trinajstić information content (AvgIpc) is 2.51. The number of esters is 1. The number of ether oxygens (including phenoxy) is 1. The second kappa shape index (κ2) is 9.14. The fraction of sp³-hybridized carbons (Fsp3) is 0.467. The van der Waals surface area contributed by atoms with E-state index < -0.39 is 27.9 Å². The molecule has 24 heavy (non-hydrogen) atoms. The highest BCUT2D eigenvalue weighted by atomic mass is 79.9. The lowest BCUT2D eigenvalue weighted by atomic mass is 10.2. The lowest BCUT2D eigenvalue weighted by Crippen LogP contribution is -2.44. The van der Waals surface area contributed by atoms with Crippen LogP contribution in [0.4, 0.5) is 0 Å². The predicted octanol–water partition coefficient (Wildman–Crippen LogP) is 1.82. The van der Waals surface area contributed by atoms with Crippen LogP contribution in [0.5, 0.6) is 0 Å². The van der Waals surface area contributed by atoms with Gasteiger partial charge in [0.2, 0.25) is 15.9 Å². The monoisotopic (exact) mass is 420 g/mol. The van der Waals surface area contributed by atoms with Crippen molar-refractivity contribution in [1.82, 2.24) is 10.0 Å². The number of carbonyl (C=O) groups excluding carboxylic acids is 2. The summed E-state index contributed by atoms with van der Waals surface area (Å²) in [5, 5.41) is 2.62. The molecule has 1 unspecified atom stereocenters. The van der Waals surface area contributed by atoms with Gasteiger partial charge < -0.3 is 10.1 Å². The number of halogens is 1. The Labute approximate surface area is 150 Å². The third-order valence-corrected chi connectivity index (χ3v) is 5.52. The molecule has 7 nitrogen and oxygen atoms in total. The van der Waals surface area contributed by atoms with Crippen LogP contribution < -0.4 is 10.0 Å². The predicted molar refractivity (Wildman–Crippen MR) is 93.2 cm³/mol. The Bertz CT molecular complexity index is 706. The molecule has 0 aromatic heterocycles. The van der Waals surface area contributed by atoms with Gasteiger partial charge in [-0.25, -0.2) is 13.2 Å². The van der Waals surface area contributed by atoms with E-state index in [1.165, 1.54) is 25.1 Å². The van der Waals surface area contributed by atoms with Gasteiger partial charge >= 0.3 is 5.97 Å². The molecule has 0 saturated heterocycles. The van der Waals surface area contributed by atoms with Crippen molar-refractivity contribution in [3.05, 3.63) is 28.2 Å². The maximum absolute atomic E-state index is 12.4. The number of hydrogen-bond donors (Lipinski definition) is 2. The Morgan fingerprint density at radius 3 is 2.50 bits per heavy atom. The largest absolute Gasteiger partial charge is 0.462 e. The second-order valence-electron chi connectivity index (χ2n) is 5.00. The number of carbonyl (C=O) groups is 2. The van der Waals surface area contributed by atoms with Gasteiger partial charge in [-0.2, -0.15) is 4.72 Å². The summed E-state index contributed by atoms with van der Waals surface area (Å²) in [6.45, 7) is 5.74. The lowest BCUT2D eigenvalue weighted by Gasteiger charge is -2.15. The number of hydrogen-bond acceptors (Lipinski definition) is 5. The van der Waals surface area contributed by atoms with Crippen LogP contribution in [0.2, 0.25) is 0 Å². The summed E-state index contributed by atoms with van der Waals surface area (Å²) in [4.78, 5) is 23.4.